The smallest absolute Gasteiger partial charge is 0.276 e. The molecule has 5 nitrogen and oxygen atoms in total. The van der Waals surface area contributed by atoms with Crippen molar-refractivity contribution >= 4 is 5.91 Å². The third-order valence-electron chi connectivity index (χ3n) is 4.25. The summed E-state index contributed by atoms with van der Waals surface area (Å²) in [5, 5.41) is 8.32. The molecule has 128 valence electrons. The molecule has 0 atom stereocenters. The topological polar surface area (TPSA) is 51.0 Å². The number of aromatic nitrogens is 3. The van der Waals surface area contributed by atoms with Gasteiger partial charge in [0, 0.05) is 13.1 Å². The third kappa shape index (κ3) is 3.94. The number of carbonyl (C=O) groups is 1. The van der Waals surface area contributed by atoms with E-state index in [-0.39, 0.29) is 5.91 Å². The van der Waals surface area contributed by atoms with Gasteiger partial charge in [-0.25, -0.2) is 4.68 Å². The summed E-state index contributed by atoms with van der Waals surface area (Å²) in [5.74, 6) is -0.0804. The van der Waals surface area contributed by atoms with Crippen LogP contribution in [0, 0.1) is 6.92 Å². The summed E-state index contributed by atoms with van der Waals surface area (Å²) < 4.78 is 1.78. The van der Waals surface area contributed by atoms with Gasteiger partial charge in [0.15, 0.2) is 5.69 Å². The van der Waals surface area contributed by atoms with Crippen LogP contribution >= 0.6 is 0 Å². The minimum atomic E-state index is -0.0804. The third-order valence-corrected chi connectivity index (χ3v) is 4.25. The number of hydrogen-bond acceptors (Lipinski definition) is 3. The van der Waals surface area contributed by atoms with Gasteiger partial charge in [0.25, 0.3) is 5.91 Å². The summed E-state index contributed by atoms with van der Waals surface area (Å²) in [4.78, 5) is 14.7. The first-order chi connectivity index (χ1) is 12.2. The van der Waals surface area contributed by atoms with E-state index in [0.717, 1.165) is 16.8 Å². The van der Waals surface area contributed by atoms with Crippen LogP contribution in [0.5, 0.6) is 0 Å². The fourth-order valence-corrected chi connectivity index (χ4v) is 2.75. The zero-order valence-corrected chi connectivity index (χ0v) is 14.6. The van der Waals surface area contributed by atoms with Crippen LogP contribution in [-0.2, 0) is 13.1 Å². The molecule has 0 unspecified atom stereocenters. The van der Waals surface area contributed by atoms with Gasteiger partial charge in [0.1, 0.15) is 0 Å². The molecule has 1 amide bonds. The van der Waals surface area contributed by atoms with Gasteiger partial charge in [-0.1, -0.05) is 65.9 Å². The summed E-state index contributed by atoms with van der Waals surface area (Å²) in [6.07, 6.45) is 0. The molecule has 3 aromatic rings. The number of hydrogen-bond donors (Lipinski definition) is 0. The maximum absolute atomic E-state index is 12.9. The van der Waals surface area contributed by atoms with E-state index in [2.05, 4.69) is 10.3 Å². The van der Waals surface area contributed by atoms with Gasteiger partial charge >= 0.3 is 0 Å². The summed E-state index contributed by atoms with van der Waals surface area (Å²) >= 11 is 0. The number of amides is 1. The number of carbonyl (C=O) groups excluding carboxylic acids is 1. The Labute approximate surface area is 147 Å². The van der Waals surface area contributed by atoms with E-state index >= 15 is 0 Å². The fourth-order valence-electron chi connectivity index (χ4n) is 2.75. The van der Waals surface area contributed by atoms with Gasteiger partial charge < -0.3 is 4.90 Å². The Kier molecular flexibility index (Phi) is 5.23. The first kappa shape index (κ1) is 16.9. The number of rotatable bonds is 6. The molecule has 1 heterocycles. The van der Waals surface area contributed by atoms with E-state index < -0.39 is 0 Å². The SMILES string of the molecule is CCN(Cc1ccccc1)C(=O)c1nnn(Cc2ccccc2)c1C. The predicted octanol–water partition coefficient (Wildman–Crippen LogP) is 3.30. The van der Waals surface area contributed by atoms with Crippen molar-refractivity contribution in [3.05, 3.63) is 83.2 Å². The van der Waals surface area contributed by atoms with Crippen molar-refractivity contribution in [2.24, 2.45) is 0 Å². The molecule has 0 radical (unpaired) electrons. The lowest BCUT2D eigenvalue weighted by atomic mass is 10.2. The molecule has 3 rings (SSSR count). The molecular formula is C20H22N4O. The Morgan fingerprint density at radius 3 is 2.20 bits per heavy atom. The first-order valence-electron chi connectivity index (χ1n) is 8.46. The van der Waals surface area contributed by atoms with Crippen molar-refractivity contribution in [1.82, 2.24) is 19.9 Å². The molecule has 5 heteroatoms. The van der Waals surface area contributed by atoms with Gasteiger partial charge in [-0.05, 0) is 25.0 Å². The second kappa shape index (κ2) is 7.75. The molecule has 0 N–H and O–H groups in total. The van der Waals surface area contributed by atoms with Crippen LogP contribution in [0.3, 0.4) is 0 Å². The van der Waals surface area contributed by atoms with Crippen LogP contribution in [0.15, 0.2) is 60.7 Å². The molecule has 25 heavy (non-hydrogen) atoms. The molecule has 0 bridgehead atoms. The van der Waals surface area contributed by atoms with E-state index in [1.54, 1.807) is 9.58 Å². The minimum Gasteiger partial charge on any atom is -0.333 e. The highest BCUT2D eigenvalue weighted by molar-refractivity contribution is 5.93. The van der Waals surface area contributed by atoms with Crippen LogP contribution in [0.25, 0.3) is 0 Å². The highest BCUT2D eigenvalue weighted by atomic mass is 16.2. The molecule has 0 saturated heterocycles. The second-order valence-electron chi connectivity index (χ2n) is 5.97. The predicted molar refractivity (Wildman–Crippen MR) is 97.2 cm³/mol. The van der Waals surface area contributed by atoms with Crippen LogP contribution in [0.1, 0.15) is 34.2 Å². The zero-order valence-electron chi connectivity index (χ0n) is 14.6. The largest absolute Gasteiger partial charge is 0.333 e. The molecule has 2 aromatic carbocycles. The highest BCUT2D eigenvalue weighted by Gasteiger charge is 2.21. The van der Waals surface area contributed by atoms with E-state index in [1.807, 2.05) is 74.5 Å². The van der Waals surface area contributed by atoms with Crippen molar-refractivity contribution < 1.29 is 4.79 Å². The average molecular weight is 334 g/mol. The second-order valence-corrected chi connectivity index (χ2v) is 5.97. The molecule has 1 aromatic heterocycles. The zero-order chi connectivity index (χ0) is 17.6. The first-order valence-corrected chi connectivity index (χ1v) is 8.46. The molecule has 0 aliphatic carbocycles. The normalized spacial score (nSPS) is 10.6. The molecular weight excluding hydrogens is 312 g/mol. The van der Waals surface area contributed by atoms with E-state index in [9.17, 15) is 4.79 Å². The Morgan fingerprint density at radius 2 is 1.60 bits per heavy atom. The number of benzene rings is 2. The van der Waals surface area contributed by atoms with E-state index in [0.29, 0.717) is 25.3 Å². The molecule has 0 aliphatic rings. The molecule has 0 spiro atoms. The highest BCUT2D eigenvalue weighted by Crippen LogP contribution is 2.13. The number of nitrogens with zero attached hydrogens (tertiary/aromatic N) is 4. The maximum atomic E-state index is 12.9. The van der Waals surface area contributed by atoms with Gasteiger partial charge in [-0.15, -0.1) is 5.10 Å². The maximum Gasteiger partial charge on any atom is 0.276 e. The van der Waals surface area contributed by atoms with Gasteiger partial charge in [-0.2, -0.15) is 0 Å². The summed E-state index contributed by atoms with van der Waals surface area (Å²) in [5.41, 5.74) is 3.45. The van der Waals surface area contributed by atoms with Crippen molar-refractivity contribution in [1.29, 1.82) is 0 Å². The van der Waals surface area contributed by atoms with Crippen molar-refractivity contribution in [2.75, 3.05) is 6.54 Å². The lowest BCUT2D eigenvalue weighted by Gasteiger charge is -2.20. The van der Waals surface area contributed by atoms with Crippen LogP contribution in [-0.4, -0.2) is 32.3 Å². The van der Waals surface area contributed by atoms with Crippen molar-refractivity contribution in [2.45, 2.75) is 26.9 Å². The van der Waals surface area contributed by atoms with Crippen LogP contribution < -0.4 is 0 Å². The minimum absolute atomic E-state index is 0.0804. The van der Waals surface area contributed by atoms with Gasteiger partial charge in [0.05, 0.1) is 12.2 Å². The average Bonchev–Trinajstić information content (AvgIpc) is 3.01. The van der Waals surface area contributed by atoms with Crippen molar-refractivity contribution in [3.63, 3.8) is 0 Å². The lowest BCUT2D eigenvalue weighted by molar-refractivity contribution is 0.0745. The summed E-state index contributed by atoms with van der Waals surface area (Å²) in [7, 11) is 0. The lowest BCUT2D eigenvalue weighted by Crippen LogP contribution is -2.31. The van der Waals surface area contributed by atoms with Crippen molar-refractivity contribution in [3.8, 4) is 0 Å². The monoisotopic (exact) mass is 334 g/mol. The van der Waals surface area contributed by atoms with E-state index in [1.165, 1.54) is 0 Å². The van der Waals surface area contributed by atoms with Gasteiger partial charge in [0.2, 0.25) is 0 Å². The Morgan fingerprint density at radius 1 is 1.00 bits per heavy atom. The molecule has 0 saturated carbocycles. The Bertz CT molecular complexity index is 827. The summed E-state index contributed by atoms with van der Waals surface area (Å²) in [6.45, 7) is 5.68. The molecule has 0 aliphatic heterocycles. The van der Waals surface area contributed by atoms with Crippen LogP contribution in [0.4, 0.5) is 0 Å². The fraction of sp³-hybridized carbons (Fsp3) is 0.250. The standard InChI is InChI=1S/C20H22N4O/c1-3-23(14-17-10-6-4-7-11-17)20(25)19-16(2)24(22-21-19)15-18-12-8-5-9-13-18/h4-13H,3,14-15H2,1-2H3. The van der Waals surface area contributed by atoms with Crippen LogP contribution in [0.2, 0.25) is 0 Å². The molecule has 0 fully saturated rings. The van der Waals surface area contributed by atoms with Gasteiger partial charge in [-0.3, -0.25) is 4.79 Å². The van der Waals surface area contributed by atoms with E-state index in [4.69, 9.17) is 0 Å². The quantitative estimate of drug-likeness (QED) is 0.695. The Balaban J connectivity index is 1.77. The Hall–Kier alpha value is -2.95. The summed E-state index contributed by atoms with van der Waals surface area (Å²) in [6, 6.07) is 20.0.